The number of amides is 1. The zero-order valence-corrected chi connectivity index (χ0v) is 14.3. The molecule has 0 aliphatic carbocycles. The maximum atomic E-state index is 13.9. The summed E-state index contributed by atoms with van der Waals surface area (Å²) in [4.78, 5) is 14.4. The minimum absolute atomic E-state index is 0.0113. The van der Waals surface area contributed by atoms with E-state index in [-0.39, 0.29) is 17.4 Å². The van der Waals surface area contributed by atoms with Crippen molar-refractivity contribution in [3.05, 3.63) is 59.4 Å². The third-order valence-corrected chi connectivity index (χ3v) is 4.28. The van der Waals surface area contributed by atoms with Crippen molar-refractivity contribution in [3.63, 3.8) is 0 Å². The van der Waals surface area contributed by atoms with E-state index in [4.69, 9.17) is 4.74 Å². The lowest BCUT2D eigenvalue weighted by Gasteiger charge is -2.29. The van der Waals surface area contributed by atoms with Gasteiger partial charge in [0, 0.05) is 36.5 Å². The fraction of sp³-hybridized carbons (Fsp3) is 0.316. The van der Waals surface area contributed by atoms with Gasteiger partial charge in [-0.15, -0.1) is 0 Å². The van der Waals surface area contributed by atoms with Crippen molar-refractivity contribution < 1.29 is 22.7 Å². The van der Waals surface area contributed by atoms with Crippen LogP contribution in [0.2, 0.25) is 0 Å². The lowest BCUT2D eigenvalue weighted by Crippen LogP contribution is -2.35. The van der Waals surface area contributed by atoms with Gasteiger partial charge in [-0.2, -0.15) is 0 Å². The van der Waals surface area contributed by atoms with E-state index < -0.39 is 23.4 Å². The van der Waals surface area contributed by atoms with Gasteiger partial charge in [0.05, 0.1) is 0 Å². The quantitative estimate of drug-likeness (QED) is 0.897. The normalized spacial score (nSPS) is 15.7. The second-order valence-electron chi connectivity index (χ2n) is 6.38. The van der Waals surface area contributed by atoms with Crippen LogP contribution in [-0.2, 0) is 0 Å². The van der Waals surface area contributed by atoms with Gasteiger partial charge in [-0.25, -0.2) is 13.2 Å². The maximum Gasteiger partial charge on any atom is 0.255 e. The van der Waals surface area contributed by atoms with Crippen LogP contribution in [0.25, 0.3) is 0 Å². The smallest absolute Gasteiger partial charge is 0.255 e. The first-order valence-electron chi connectivity index (χ1n) is 8.33. The fourth-order valence-electron chi connectivity index (χ4n) is 2.84. The second-order valence-corrected chi connectivity index (χ2v) is 6.38. The molecule has 0 spiro atoms. The molecule has 7 heteroatoms. The number of benzene rings is 2. The third kappa shape index (κ3) is 4.54. The number of hydrogen-bond acceptors (Lipinski definition) is 3. The highest BCUT2D eigenvalue weighted by Crippen LogP contribution is 2.24. The number of rotatable bonds is 4. The molecule has 0 bridgehead atoms. The van der Waals surface area contributed by atoms with Crippen molar-refractivity contribution in [2.45, 2.75) is 18.9 Å². The molecule has 2 aromatic rings. The summed E-state index contributed by atoms with van der Waals surface area (Å²) in [5.74, 6) is -3.07. The number of nitrogens with one attached hydrogen (secondary N) is 1. The number of anilines is 1. The van der Waals surface area contributed by atoms with Crippen LogP contribution in [0.15, 0.2) is 36.4 Å². The Kier molecular flexibility index (Phi) is 5.46. The van der Waals surface area contributed by atoms with Gasteiger partial charge >= 0.3 is 0 Å². The molecule has 0 atom stereocenters. The molecule has 0 unspecified atom stereocenters. The summed E-state index contributed by atoms with van der Waals surface area (Å²) in [5.41, 5.74) is 0.119. The lowest BCUT2D eigenvalue weighted by atomic mass is 10.1. The first-order valence-corrected chi connectivity index (χ1v) is 8.33. The first kappa shape index (κ1) is 18.3. The van der Waals surface area contributed by atoms with Crippen LogP contribution < -0.4 is 10.1 Å². The Morgan fingerprint density at radius 2 is 1.81 bits per heavy atom. The maximum absolute atomic E-state index is 13.9. The van der Waals surface area contributed by atoms with Crippen LogP contribution in [0.1, 0.15) is 23.2 Å². The Hall–Kier alpha value is -2.54. The summed E-state index contributed by atoms with van der Waals surface area (Å²) in [7, 11) is 2.03. The fourth-order valence-corrected chi connectivity index (χ4v) is 2.84. The Morgan fingerprint density at radius 3 is 2.50 bits per heavy atom. The number of nitrogens with zero attached hydrogens (tertiary/aromatic N) is 1. The molecule has 0 aromatic heterocycles. The molecule has 1 aliphatic heterocycles. The Labute approximate surface area is 149 Å². The van der Waals surface area contributed by atoms with Gasteiger partial charge in [0.25, 0.3) is 5.91 Å². The Balaban J connectivity index is 1.70. The number of carbonyl (C=O) groups is 1. The van der Waals surface area contributed by atoms with Gasteiger partial charge in [0.1, 0.15) is 17.7 Å². The highest BCUT2D eigenvalue weighted by atomic mass is 19.2. The highest BCUT2D eigenvalue weighted by Gasteiger charge is 2.19. The zero-order valence-electron chi connectivity index (χ0n) is 14.3. The molecular formula is C19H19F3N2O2. The second kappa shape index (κ2) is 7.78. The van der Waals surface area contributed by atoms with Crippen LogP contribution in [0.3, 0.4) is 0 Å². The van der Waals surface area contributed by atoms with E-state index in [1.54, 1.807) is 0 Å². The van der Waals surface area contributed by atoms with E-state index in [0.29, 0.717) is 5.75 Å². The lowest BCUT2D eigenvalue weighted by molar-refractivity contribution is 0.102. The third-order valence-electron chi connectivity index (χ3n) is 4.28. The topological polar surface area (TPSA) is 41.6 Å². The number of hydrogen-bond donors (Lipinski definition) is 1. The molecule has 2 aromatic carbocycles. The summed E-state index contributed by atoms with van der Waals surface area (Å²) in [6, 6.07) is 6.72. The number of ether oxygens (including phenoxy) is 1. The molecule has 1 amide bonds. The summed E-state index contributed by atoms with van der Waals surface area (Å²) in [6.45, 7) is 1.80. The summed E-state index contributed by atoms with van der Waals surface area (Å²) in [5, 5.41) is 2.47. The number of likely N-dealkylation sites (tertiary alicyclic amines) is 1. The summed E-state index contributed by atoms with van der Waals surface area (Å²) < 4.78 is 45.9. The van der Waals surface area contributed by atoms with Gasteiger partial charge in [-0.1, -0.05) is 0 Å². The van der Waals surface area contributed by atoms with Gasteiger partial charge < -0.3 is 15.0 Å². The van der Waals surface area contributed by atoms with Gasteiger partial charge in [0.2, 0.25) is 0 Å². The van der Waals surface area contributed by atoms with Crippen molar-refractivity contribution in [1.82, 2.24) is 4.90 Å². The predicted molar refractivity (Wildman–Crippen MR) is 91.9 cm³/mol. The van der Waals surface area contributed by atoms with E-state index >= 15 is 0 Å². The van der Waals surface area contributed by atoms with E-state index in [1.165, 1.54) is 12.1 Å². The molecule has 0 radical (unpaired) electrons. The molecule has 1 N–H and O–H groups in total. The summed E-state index contributed by atoms with van der Waals surface area (Å²) >= 11 is 0. The highest BCUT2D eigenvalue weighted by molar-refractivity contribution is 6.04. The van der Waals surface area contributed by atoms with Crippen LogP contribution in [0.5, 0.6) is 5.75 Å². The first-order chi connectivity index (χ1) is 12.4. The SMILES string of the molecule is CN1CCC(Oc2cc(F)cc(NC(=O)c3ccc(F)c(F)c3)c2)CC1. The number of halogens is 3. The minimum Gasteiger partial charge on any atom is -0.490 e. The van der Waals surface area contributed by atoms with Crippen molar-refractivity contribution in [1.29, 1.82) is 0 Å². The largest absolute Gasteiger partial charge is 0.490 e. The van der Waals surface area contributed by atoms with Crippen molar-refractivity contribution >= 4 is 11.6 Å². The minimum atomic E-state index is -1.12. The zero-order chi connectivity index (χ0) is 18.7. The predicted octanol–water partition coefficient (Wildman–Crippen LogP) is 3.83. The standard InChI is InChI=1S/C19H19F3N2O2/c1-24-6-4-15(5-7-24)26-16-10-13(20)9-14(11-16)23-19(25)12-2-3-17(21)18(22)8-12/h2-3,8-11,15H,4-7H2,1H3,(H,23,25). The molecule has 0 saturated carbocycles. The van der Waals surface area contributed by atoms with Crippen molar-refractivity contribution in [2.75, 3.05) is 25.5 Å². The molecule has 3 rings (SSSR count). The van der Waals surface area contributed by atoms with Gasteiger partial charge in [-0.05, 0) is 44.2 Å². The van der Waals surface area contributed by atoms with Crippen LogP contribution in [0.4, 0.5) is 18.9 Å². The molecule has 1 fully saturated rings. The van der Waals surface area contributed by atoms with Crippen molar-refractivity contribution in [3.8, 4) is 5.75 Å². The van der Waals surface area contributed by atoms with Gasteiger partial charge in [-0.3, -0.25) is 4.79 Å². The molecule has 1 heterocycles. The Bertz CT molecular complexity index is 805. The van der Waals surface area contributed by atoms with Crippen LogP contribution in [-0.4, -0.2) is 37.0 Å². The average Bonchev–Trinajstić information content (AvgIpc) is 2.59. The summed E-state index contributed by atoms with van der Waals surface area (Å²) in [6.07, 6.45) is 1.66. The molecule has 1 saturated heterocycles. The number of piperidine rings is 1. The van der Waals surface area contributed by atoms with E-state index in [2.05, 4.69) is 10.2 Å². The van der Waals surface area contributed by atoms with E-state index in [1.807, 2.05) is 7.05 Å². The van der Waals surface area contributed by atoms with E-state index in [0.717, 1.165) is 50.2 Å². The Morgan fingerprint density at radius 1 is 1.08 bits per heavy atom. The molecule has 138 valence electrons. The average molecular weight is 364 g/mol. The van der Waals surface area contributed by atoms with E-state index in [9.17, 15) is 18.0 Å². The molecule has 4 nitrogen and oxygen atoms in total. The number of carbonyl (C=O) groups excluding carboxylic acids is 1. The molecular weight excluding hydrogens is 345 g/mol. The van der Waals surface area contributed by atoms with Gasteiger partial charge in [0.15, 0.2) is 11.6 Å². The van der Waals surface area contributed by atoms with Crippen LogP contribution >= 0.6 is 0 Å². The monoisotopic (exact) mass is 364 g/mol. The molecule has 1 aliphatic rings. The molecule has 26 heavy (non-hydrogen) atoms. The van der Waals surface area contributed by atoms with Crippen LogP contribution in [0, 0.1) is 17.5 Å². The van der Waals surface area contributed by atoms with Crippen molar-refractivity contribution in [2.24, 2.45) is 0 Å².